The summed E-state index contributed by atoms with van der Waals surface area (Å²) in [6.07, 6.45) is -2.40. The van der Waals surface area contributed by atoms with Crippen molar-refractivity contribution in [2.24, 2.45) is 0 Å². The van der Waals surface area contributed by atoms with Gasteiger partial charge in [-0.1, -0.05) is 30.3 Å². The number of aliphatic hydroxyl groups excluding tert-OH is 1. The largest absolute Gasteiger partial charge is 0.383 e. The molecule has 0 unspecified atom stereocenters. The SMILES string of the molecule is CO[C@H]1O[C@H]([C@H]2C[C@H](O)C(=O)N2Cc2ccccc2)[C@@H]2OC(C)(C)O[C@H]12. The summed E-state index contributed by atoms with van der Waals surface area (Å²) in [6.45, 7) is 4.12. The van der Waals surface area contributed by atoms with Crippen LogP contribution in [-0.4, -0.2) is 65.6 Å². The van der Waals surface area contributed by atoms with E-state index in [-0.39, 0.29) is 24.2 Å². The molecule has 1 aromatic carbocycles. The third kappa shape index (κ3) is 3.04. The Morgan fingerprint density at radius 3 is 2.58 bits per heavy atom. The van der Waals surface area contributed by atoms with Crippen molar-refractivity contribution in [1.82, 2.24) is 4.90 Å². The first kappa shape index (κ1) is 17.9. The van der Waals surface area contributed by atoms with Gasteiger partial charge >= 0.3 is 0 Å². The number of benzene rings is 1. The molecule has 0 aliphatic carbocycles. The van der Waals surface area contributed by atoms with Crippen molar-refractivity contribution < 1.29 is 28.8 Å². The minimum absolute atomic E-state index is 0.280. The first-order chi connectivity index (χ1) is 12.4. The quantitative estimate of drug-likeness (QED) is 0.861. The zero-order valence-electron chi connectivity index (χ0n) is 15.2. The normalized spacial score (nSPS) is 38.8. The number of carbonyl (C=O) groups excluding carboxylic acids is 1. The average Bonchev–Trinajstić information content (AvgIpc) is 3.19. The molecule has 3 fully saturated rings. The van der Waals surface area contributed by atoms with Gasteiger partial charge in [-0.3, -0.25) is 4.79 Å². The van der Waals surface area contributed by atoms with E-state index < -0.39 is 24.3 Å². The van der Waals surface area contributed by atoms with Crippen molar-refractivity contribution in [3.05, 3.63) is 35.9 Å². The van der Waals surface area contributed by atoms with Gasteiger partial charge in [0.15, 0.2) is 12.1 Å². The van der Waals surface area contributed by atoms with Gasteiger partial charge in [0.05, 0.1) is 6.04 Å². The fraction of sp³-hybridized carbons (Fsp3) is 0.632. The van der Waals surface area contributed by atoms with Crippen molar-refractivity contribution in [1.29, 1.82) is 0 Å². The molecular formula is C19H25NO6. The van der Waals surface area contributed by atoms with E-state index in [4.69, 9.17) is 18.9 Å². The van der Waals surface area contributed by atoms with E-state index in [9.17, 15) is 9.90 Å². The second-order valence-corrected chi connectivity index (χ2v) is 7.54. The highest BCUT2D eigenvalue weighted by Crippen LogP contribution is 2.42. The summed E-state index contributed by atoms with van der Waals surface area (Å²) in [5, 5.41) is 10.2. The summed E-state index contributed by atoms with van der Waals surface area (Å²) in [4.78, 5) is 14.3. The topological polar surface area (TPSA) is 77.5 Å². The molecule has 142 valence electrons. The van der Waals surface area contributed by atoms with Crippen LogP contribution in [0.3, 0.4) is 0 Å². The summed E-state index contributed by atoms with van der Waals surface area (Å²) in [5.74, 6) is -1.02. The minimum Gasteiger partial charge on any atom is -0.383 e. The molecule has 7 nitrogen and oxygen atoms in total. The van der Waals surface area contributed by atoms with Gasteiger partial charge in [0, 0.05) is 20.1 Å². The Kier molecular flexibility index (Phi) is 4.53. The number of hydrogen-bond acceptors (Lipinski definition) is 6. The second kappa shape index (κ2) is 6.58. The van der Waals surface area contributed by atoms with Crippen LogP contribution in [0.15, 0.2) is 30.3 Å². The van der Waals surface area contributed by atoms with Gasteiger partial charge < -0.3 is 29.0 Å². The van der Waals surface area contributed by atoms with Gasteiger partial charge in [-0.2, -0.15) is 0 Å². The van der Waals surface area contributed by atoms with Crippen LogP contribution in [0.1, 0.15) is 25.8 Å². The van der Waals surface area contributed by atoms with Crippen LogP contribution in [-0.2, 0) is 30.3 Å². The highest BCUT2D eigenvalue weighted by molar-refractivity contribution is 5.83. The van der Waals surface area contributed by atoms with Gasteiger partial charge in [-0.05, 0) is 19.4 Å². The Morgan fingerprint density at radius 1 is 1.19 bits per heavy atom. The van der Waals surface area contributed by atoms with Crippen LogP contribution in [0, 0.1) is 0 Å². The fourth-order valence-electron chi connectivity index (χ4n) is 4.19. The summed E-state index contributed by atoms with van der Waals surface area (Å²) >= 11 is 0. The molecule has 0 saturated carbocycles. The van der Waals surface area contributed by atoms with Gasteiger partial charge in [-0.25, -0.2) is 0 Å². The van der Waals surface area contributed by atoms with Gasteiger partial charge in [0.25, 0.3) is 5.91 Å². The molecule has 0 bridgehead atoms. The molecular weight excluding hydrogens is 338 g/mol. The molecule has 3 aliphatic heterocycles. The Labute approximate surface area is 152 Å². The monoisotopic (exact) mass is 363 g/mol. The number of methoxy groups -OCH3 is 1. The smallest absolute Gasteiger partial charge is 0.252 e. The van der Waals surface area contributed by atoms with Gasteiger partial charge in [-0.15, -0.1) is 0 Å². The molecule has 1 N–H and O–H groups in total. The van der Waals surface area contributed by atoms with Crippen LogP contribution in [0.5, 0.6) is 0 Å². The minimum atomic E-state index is -1.03. The predicted molar refractivity (Wildman–Crippen MR) is 90.9 cm³/mol. The second-order valence-electron chi connectivity index (χ2n) is 7.54. The van der Waals surface area contributed by atoms with E-state index in [0.717, 1.165) is 5.56 Å². The number of hydrogen-bond donors (Lipinski definition) is 1. The van der Waals surface area contributed by atoms with Crippen molar-refractivity contribution in [2.45, 2.75) is 69.3 Å². The molecule has 3 saturated heterocycles. The van der Waals surface area contributed by atoms with E-state index in [1.807, 2.05) is 44.2 Å². The van der Waals surface area contributed by atoms with Gasteiger partial charge in [0.1, 0.15) is 24.4 Å². The molecule has 3 aliphatic rings. The van der Waals surface area contributed by atoms with Crippen molar-refractivity contribution in [3.8, 4) is 0 Å². The number of amides is 1. The number of rotatable bonds is 4. The lowest BCUT2D eigenvalue weighted by Gasteiger charge is -2.32. The molecule has 0 spiro atoms. The lowest BCUT2D eigenvalue weighted by Crippen LogP contribution is -2.46. The standard InChI is InChI=1S/C19H25NO6/c1-19(2)25-15-14(24-18(23-3)16(15)26-19)12-9-13(21)17(22)20(12)10-11-7-5-4-6-8-11/h4-8,12-16,18,21H,9-10H2,1-3H3/t12-,13+,14-,15+,16+,18+/m1/s1. The van der Waals surface area contributed by atoms with Crippen molar-refractivity contribution in [3.63, 3.8) is 0 Å². The van der Waals surface area contributed by atoms with Crippen LogP contribution in [0.25, 0.3) is 0 Å². The van der Waals surface area contributed by atoms with Crippen LogP contribution < -0.4 is 0 Å². The molecule has 0 radical (unpaired) electrons. The van der Waals surface area contributed by atoms with E-state index in [1.165, 1.54) is 0 Å². The third-order valence-corrected chi connectivity index (χ3v) is 5.29. The fourth-order valence-corrected chi connectivity index (χ4v) is 4.19. The maximum atomic E-state index is 12.6. The number of carbonyl (C=O) groups is 1. The zero-order chi connectivity index (χ0) is 18.5. The molecule has 3 heterocycles. The van der Waals surface area contributed by atoms with E-state index in [1.54, 1.807) is 12.0 Å². The third-order valence-electron chi connectivity index (χ3n) is 5.29. The first-order valence-corrected chi connectivity index (χ1v) is 8.96. The lowest BCUT2D eigenvalue weighted by atomic mass is 10.0. The number of nitrogens with zero attached hydrogens (tertiary/aromatic N) is 1. The van der Waals surface area contributed by atoms with Crippen molar-refractivity contribution >= 4 is 5.91 Å². The Morgan fingerprint density at radius 2 is 1.88 bits per heavy atom. The molecule has 1 aromatic rings. The van der Waals surface area contributed by atoms with E-state index >= 15 is 0 Å². The van der Waals surface area contributed by atoms with Crippen LogP contribution in [0.4, 0.5) is 0 Å². The summed E-state index contributed by atoms with van der Waals surface area (Å²) in [7, 11) is 1.56. The maximum Gasteiger partial charge on any atom is 0.252 e. The van der Waals surface area contributed by atoms with Crippen LogP contribution in [0.2, 0.25) is 0 Å². The van der Waals surface area contributed by atoms with Gasteiger partial charge in [0.2, 0.25) is 0 Å². The number of likely N-dealkylation sites (tertiary alicyclic amines) is 1. The number of ether oxygens (including phenoxy) is 4. The molecule has 1 amide bonds. The predicted octanol–water partition coefficient (Wildman–Crippen LogP) is 1.04. The van der Waals surface area contributed by atoms with E-state index in [2.05, 4.69) is 0 Å². The van der Waals surface area contributed by atoms with Crippen molar-refractivity contribution in [2.75, 3.05) is 7.11 Å². The highest BCUT2D eigenvalue weighted by atomic mass is 16.8. The summed E-state index contributed by atoms with van der Waals surface area (Å²) in [6, 6.07) is 9.42. The highest BCUT2D eigenvalue weighted by Gasteiger charge is 2.60. The Balaban J connectivity index is 1.59. The number of fused-ring (bicyclic) bond motifs is 1. The molecule has 7 heteroatoms. The molecule has 4 rings (SSSR count). The summed E-state index contributed by atoms with van der Waals surface area (Å²) < 4.78 is 23.5. The number of aliphatic hydroxyl groups is 1. The maximum absolute atomic E-state index is 12.6. The van der Waals surface area contributed by atoms with E-state index in [0.29, 0.717) is 13.0 Å². The molecule has 6 atom stereocenters. The molecule has 0 aromatic heterocycles. The summed E-state index contributed by atoms with van der Waals surface area (Å²) in [5.41, 5.74) is 1.00. The Bertz CT molecular complexity index is 665. The zero-order valence-corrected chi connectivity index (χ0v) is 15.2. The molecule has 26 heavy (non-hydrogen) atoms. The van der Waals surface area contributed by atoms with Crippen LogP contribution >= 0.6 is 0 Å². The lowest BCUT2D eigenvalue weighted by molar-refractivity contribution is -0.232. The Hall–Kier alpha value is -1.51. The average molecular weight is 363 g/mol. The first-order valence-electron chi connectivity index (χ1n) is 8.96.